The van der Waals surface area contributed by atoms with E-state index in [9.17, 15) is 38.4 Å². The van der Waals surface area contributed by atoms with Crippen molar-refractivity contribution >= 4 is 53.2 Å². The molecule has 22 nitrogen and oxygen atoms in total. The van der Waals surface area contributed by atoms with Crippen LogP contribution in [0.4, 0.5) is 0 Å². The average molecular weight is 923 g/mol. The molecule has 0 saturated carbocycles. The van der Waals surface area contributed by atoms with Crippen LogP contribution in [0.1, 0.15) is 56.6 Å². The molecular weight excluding hydrogens is 853 g/mol. The zero-order valence-corrected chi connectivity index (χ0v) is 38.0. The summed E-state index contributed by atoms with van der Waals surface area (Å²) in [6.45, 7) is 1.95. The van der Waals surface area contributed by atoms with Gasteiger partial charge in [0.15, 0.2) is 5.96 Å². The fraction of sp³-hybridized carbons (Fsp3) is 0.523. The van der Waals surface area contributed by atoms with Gasteiger partial charge >= 0.3 is 0 Å². The lowest BCUT2D eigenvalue weighted by Crippen LogP contribution is -2.50. The van der Waals surface area contributed by atoms with Gasteiger partial charge in [-0.2, -0.15) is 0 Å². The molecule has 3 atom stereocenters. The molecule has 0 aliphatic carbocycles. The number of rotatable bonds is 32. The summed E-state index contributed by atoms with van der Waals surface area (Å²) in [6, 6.07) is 15.6. The van der Waals surface area contributed by atoms with Gasteiger partial charge in [0.05, 0.1) is 18.1 Å². The minimum atomic E-state index is -0.953. The Kier molecular flexibility index (Phi) is 26.3. The molecule has 0 aliphatic heterocycles. The summed E-state index contributed by atoms with van der Waals surface area (Å²) in [7, 11) is 0. The molecule has 2 aromatic rings. The summed E-state index contributed by atoms with van der Waals surface area (Å²) in [4.78, 5) is 110. The van der Waals surface area contributed by atoms with Gasteiger partial charge in [-0.05, 0) is 36.8 Å². The fourth-order valence-corrected chi connectivity index (χ4v) is 6.58. The Morgan fingerprint density at radius 1 is 0.515 bits per heavy atom. The third-order valence-corrected chi connectivity index (χ3v) is 10.1. The number of hydrogen-bond acceptors (Lipinski definition) is 12. The van der Waals surface area contributed by atoms with Gasteiger partial charge in [-0.1, -0.05) is 60.7 Å². The van der Waals surface area contributed by atoms with Gasteiger partial charge < -0.3 is 70.4 Å². The number of guanidine groups is 1. The van der Waals surface area contributed by atoms with Gasteiger partial charge in [0.1, 0.15) is 0 Å². The average Bonchev–Trinajstić information content (AvgIpc) is 3.28. The Morgan fingerprint density at radius 3 is 1.27 bits per heavy atom. The highest BCUT2D eigenvalue weighted by atomic mass is 16.2. The zero-order chi connectivity index (χ0) is 48.9. The molecule has 0 aliphatic rings. The molecule has 22 heteroatoms. The maximum absolute atomic E-state index is 13.7. The predicted molar refractivity (Wildman–Crippen MR) is 249 cm³/mol. The van der Waals surface area contributed by atoms with Crippen molar-refractivity contribution in [3.05, 3.63) is 71.8 Å². The van der Waals surface area contributed by atoms with Gasteiger partial charge in [0, 0.05) is 105 Å². The Balaban J connectivity index is 2.06. The normalized spacial score (nSPS) is 12.1. The summed E-state index contributed by atoms with van der Waals surface area (Å²) in [6.07, 6.45) is 0.853. The van der Waals surface area contributed by atoms with Crippen LogP contribution in [-0.2, 0) is 51.2 Å². The molecule has 8 amide bonds. The molecule has 66 heavy (non-hydrogen) atoms. The van der Waals surface area contributed by atoms with E-state index in [1.807, 2.05) is 60.7 Å². The molecule has 0 heterocycles. The van der Waals surface area contributed by atoms with Crippen molar-refractivity contribution in [2.24, 2.45) is 39.4 Å². The number of aliphatic imine (C=N–C) groups is 1. The van der Waals surface area contributed by atoms with Gasteiger partial charge in [-0.25, -0.2) is 0 Å². The van der Waals surface area contributed by atoms with Crippen LogP contribution < -0.4 is 55.7 Å². The molecule has 2 aromatic carbocycles. The van der Waals surface area contributed by atoms with Crippen LogP contribution in [0.15, 0.2) is 65.7 Å². The molecule has 0 unspecified atom stereocenters. The maximum Gasteiger partial charge on any atom is 0.239 e. The van der Waals surface area contributed by atoms with Crippen LogP contribution >= 0.6 is 0 Å². The third-order valence-electron chi connectivity index (χ3n) is 10.1. The largest absolute Gasteiger partial charge is 0.370 e. The van der Waals surface area contributed by atoms with Crippen molar-refractivity contribution in [3.8, 4) is 0 Å². The lowest BCUT2D eigenvalue weighted by molar-refractivity contribution is -0.135. The van der Waals surface area contributed by atoms with Crippen molar-refractivity contribution in [2.75, 3.05) is 72.0 Å². The van der Waals surface area contributed by atoms with Crippen LogP contribution in [0, 0.1) is 0 Å². The molecule has 0 radical (unpaired) electrons. The first-order valence-corrected chi connectivity index (χ1v) is 22.1. The zero-order valence-electron chi connectivity index (χ0n) is 38.0. The van der Waals surface area contributed by atoms with E-state index < -0.39 is 59.5 Å². The molecule has 0 saturated heterocycles. The first-order chi connectivity index (χ1) is 31.5. The van der Waals surface area contributed by atoms with E-state index in [0.717, 1.165) is 11.1 Å². The molecule has 364 valence electrons. The standard InChI is InChI=1S/C44H70N14O8/c1-31(59)51-20-26-56(41(64)34(45)13-8-18-55-44(49)50)23-16-39(62)53-22-28-58(43(66)36(47)30-33-11-6-3-7-12-33)25-17-40(63)54-21-27-57(24-15-38(61)52-19-14-37(48)60)42(65)35(46)29-32-9-4-2-5-10-32/h2-7,9-12,34-36H,8,13-30,45-47H2,1H3,(H2,48,60)(H,51,59)(H,52,61)(H,53,62)(H,54,63)(H4,49,50,55)/t34-,35-,36-/m0/s1. The van der Waals surface area contributed by atoms with Crippen LogP contribution in [0.5, 0.6) is 0 Å². The van der Waals surface area contributed by atoms with E-state index in [-0.39, 0.29) is 129 Å². The lowest BCUT2D eigenvalue weighted by Gasteiger charge is -2.27. The van der Waals surface area contributed by atoms with E-state index in [1.54, 1.807) is 0 Å². The number of nitrogens with zero attached hydrogens (tertiary/aromatic N) is 4. The van der Waals surface area contributed by atoms with Crippen molar-refractivity contribution in [3.63, 3.8) is 0 Å². The second-order valence-electron chi connectivity index (χ2n) is 15.6. The Labute approximate surface area is 386 Å². The van der Waals surface area contributed by atoms with E-state index in [0.29, 0.717) is 6.42 Å². The minimum Gasteiger partial charge on any atom is -0.370 e. The maximum atomic E-state index is 13.7. The smallest absolute Gasteiger partial charge is 0.239 e. The number of primary amides is 1. The number of benzene rings is 2. The van der Waals surface area contributed by atoms with Gasteiger partial charge in [0.2, 0.25) is 47.3 Å². The van der Waals surface area contributed by atoms with Crippen LogP contribution in [0.3, 0.4) is 0 Å². The predicted octanol–water partition coefficient (Wildman–Crippen LogP) is -3.48. The summed E-state index contributed by atoms with van der Waals surface area (Å²) < 4.78 is 0. The monoisotopic (exact) mass is 923 g/mol. The minimum absolute atomic E-state index is 0.00274. The van der Waals surface area contributed by atoms with Crippen LogP contribution in [0.25, 0.3) is 0 Å². The number of amides is 8. The van der Waals surface area contributed by atoms with Crippen LogP contribution in [-0.4, -0.2) is 158 Å². The van der Waals surface area contributed by atoms with Crippen molar-refractivity contribution in [1.82, 2.24) is 36.0 Å². The van der Waals surface area contributed by atoms with Gasteiger partial charge in [-0.15, -0.1) is 0 Å². The topological polar surface area (TPSA) is 363 Å². The first kappa shape index (κ1) is 55.5. The van der Waals surface area contributed by atoms with Crippen LogP contribution in [0.2, 0.25) is 0 Å². The SMILES string of the molecule is CC(=O)NCCN(CCC(=O)NCCN(CCC(=O)NCCN(CCC(=O)NCCC(N)=O)C(=O)[C@@H](N)Cc1ccccc1)C(=O)[C@@H](N)Cc1ccccc1)C(=O)[C@@H](N)CCCN=C(N)N. The molecule has 0 bridgehead atoms. The number of carbonyl (C=O) groups excluding carboxylic acids is 8. The Hall–Kier alpha value is -6.65. The first-order valence-electron chi connectivity index (χ1n) is 22.1. The molecule has 16 N–H and O–H groups in total. The highest BCUT2D eigenvalue weighted by molar-refractivity contribution is 5.85. The van der Waals surface area contributed by atoms with E-state index in [1.165, 1.54) is 21.6 Å². The number of carbonyl (C=O) groups is 8. The van der Waals surface area contributed by atoms with E-state index in [4.69, 9.17) is 34.4 Å². The van der Waals surface area contributed by atoms with E-state index >= 15 is 0 Å². The van der Waals surface area contributed by atoms with Crippen molar-refractivity contribution < 1.29 is 38.4 Å². The summed E-state index contributed by atoms with van der Waals surface area (Å²) in [5.41, 5.74) is 36.4. The number of nitrogens with two attached hydrogens (primary N) is 6. The molecular formula is C44H70N14O8. The van der Waals surface area contributed by atoms with E-state index in [2.05, 4.69) is 26.3 Å². The third kappa shape index (κ3) is 23.9. The molecule has 0 aromatic heterocycles. The molecule has 0 fully saturated rings. The molecule has 0 spiro atoms. The van der Waals surface area contributed by atoms with Gasteiger partial charge in [0.25, 0.3) is 0 Å². The summed E-state index contributed by atoms with van der Waals surface area (Å²) in [5, 5.41) is 10.7. The van der Waals surface area contributed by atoms with Gasteiger partial charge in [-0.3, -0.25) is 43.3 Å². The highest BCUT2D eigenvalue weighted by Crippen LogP contribution is 2.08. The quantitative estimate of drug-likeness (QED) is 0.0194. The van der Waals surface area contributed by atoms with Crippen molar-refractivity contribution in [1.29, 1.82) is 0 Å². The number of nitrogens with one attached hydrogen (secondary N) is 4. The Bertz CT molecular complexity index is 1880. The van der Waals surface area contributed by atoms with Crippen molar-refractivity contribution in [2.45, 2.75) is 76.4 Å². The highest BCUT2D eigenvalue weighted by Gasteiger charge is 2.25. The fourth-order valence-electron chi connectivity index (χ4n) is 6.58. The second kappa shape index (κ2) is 31.3. The summed E-state index contributed by atoms with van der Waals surface area (Å²) >= 11 is 0. The summed E-state index contributed by atoms with van der Waals surface area (Å²) in [5.74, 6) is -3.45. The lowest BCUT2D eigenvalue weighted by atomic mass is 10.1. The Morgan fingerprint density at radius 2 is 0.894 bits per heavy atom. The second-order valence-corrected chi connectivity index (χ2v) is 15.6. The number of hydrogen-bond donors (Lipinski definition) is 10. The molecule has 2 rings (SSSR count).